The summed E-state index contributed by atoms with van der Waals surface area (Å²) in [7, 11) is -3.27. The molecule has 0 bridgehead atoms. The van der Waals surface area contributed by atoms with Crippen LogP contribution in [0.5, 0.6) is 0 Å². The van der Waals surface area contributed by atoms with Gasteiger partial charge in [0.05, 0.1) is 17.6 Å². The van der Waals surface area contributed by atoms with Gasteiger partial charge in [-0.05, 0) is 62.2 Å². The Kier molecular flexibility index (Phi) is 8.93. The molecule has 4 rings (SSSR count). The van der Waals surface area contributed by atoms with Gasteiger partial charge < -0.3 is 24.9 Å². The largest absolute Gasteiger partial charge is 0.456 e. The third-order valence-corrected chi connectivity index (χ3v) is 7.28. The van der Waals surface area contributed by atoms with Crippen molar-refractivity contribution in [3.05, 3.63) is 77.2 Å². The molecule has 1 aromatic heterocycles. The summed E-state index contributed by atoms with van der Waals surface area (Å²) in [6.07, 6.45) is 1.54. The minimum Gasteiger partial charge on any atom is -0.456 e. The summed E-state index contributed by atoms with van der Waals surface area (Å²) in [4.78, 5) is 30.4. The summed E-state index contributed by atoms with van der Waals surface area (Å²) < 4.78 is 30.3. The van der Waals surface area contributed by atoms with E-state index < -0.39 is 15.9 Å². The Balaban J connectivity index is 1.48. The van der Waals surface area contributed by atoms with Crippen molar-refractivity contribution in [3.63, 3.8) is 0 Å². The number of anilines is 3. The Labute approximate surface area is 229 Å². The van der Waals surface area contributed by atoms with E-state index in [1.54, 1.807) is 31.2 Å². The van der Waals surface area contributed by atoms with E-state index in [1.165, 1.54) is 11.3 Å². The summed E-state index contributed by atoms with van der Waals surface area (Å²) in [5.41, 5.74) is 4.18. The second-order valence-electron chi connectivity index (χ2n) is 9.63. The van der Waals surface area contributed by atoms with Crippen molar-refractivity contribution in [1.82, 2.24) is 10.0 Å². The molecule has 0 aliphatic carbocycles. The Morgan fingerprint density at radius 1 is 0.872 bits per heavy atom. The number of para-hydroxylation sites is 1. The van der Waals surface area contributed by atoms with Crippen LogP contribution < -0.4 is 25.2 Å². The van der Waals surface area contributed by atoms with Gasteiger partial charge in [0.15, 0.2) is 5.76 Å². The van der Waals surface area contributed by atoms with Crippen LogP contribution in [0.15, 0.2) is 59.0 Å². The standard InChI is InChI=1S/C28H35N5O5S/c1-20-7-4-5-8-24(20)32-15-17-33(18-16-32)25-11-10-22(27(34)29-13-6-14-30-39(3,36)37)19-23(25)31-28(35)26-12-9-21(2)38-26/h4-5,7-12,19,30H,6,13-18H2,1-3H3,(H,29,34)(H,31,35). The number of hydrogen-bond acceptors (Lipinski definition) is 7. The van der Waals surface area contributed by atoms with Crippen LogP contribution in [0.2, 0.25) is 0 Å². The second kappa shape index (κ2) is 12.4. The molecule has 2 amide bonds. The molecule has 208 valence electrons. The van der Waals surface area contributed by atoms with Gasteiger partial charge in [-0.15, -0.1) is 0 Å². The van der Waals surface area contributed by atoms with E-state index in [2.05, 4.69) is 44.2 Å². The molecule has 3 aromatic rings. The van der Waals surface area contributed by atoms with Crippen LogP contribution in [0, 0.1) is 13.8 Å². The van der Waals surface area contributed by atoms with E-state index in [-0.39, 0.29) is 18.2 Å². The van der Waals surface area contributed by atoms with Crippen LogP contribution in [0.25, 0.3) is 0 Å². The Morgan fingerprint density at radius 3 is 2.21 bits per heavy atom. The van der Waals surface area contributed by atoms with Gasteiger partial charge in [-0.25, -0.2) is 13.1 Å². The van der Waals surface area contributed by atoms with Gasteiger partial charge in [0, 0.05) is 50.5 Å². The normalized spacial score (nSPS) is 13.8. The van der Waals surface area contributed by atoms with Crippen molar-refractivity contribution in [1.29, 1.82) is 0 Å². The molecule has 0 radical (unpaired) electrons. The van der Waals surface area contributed by atoms with E-state index >= 15 is 0 Å². The molecule has 3 N–H and O–H groups in total. The van der Waals surface area contributed by atoms with Crippen LogP contribution in [-0.4, -0.2) is 65.8 Å². The van der Waals surface area contributed by atoms with Crippen molar-refractivity contribution in [2.75, 3.05) is 60.6 Å². The minimum absolute atomic E-state index is 0.191. The summed E-state index contributed by atoms with van der Waals surface area (Å²) in [6.45, 7) is 7.54. The van der Waals surface area contributed by atoms with Crippen LogP contribution in [-0.2, 0) is 10.0 Å². The quantitative estimate of drug-likeness (QED) is 0.330. The molecule has 0 spiro atoms. The maximum Gasteiger partial charge on any atom is 0.291 e. The molecule has 2 aromatic carbocycles. The molecule has 0 unspecified atom stereocenters. The van der Waals surface area contributed by atoms with Crippen molar-refractivity contribution in [2.24, 2.45) is 0 Å². The Hall–Kier alpha value is -3.83. The SMILES string of the molecule is Cc1ccc(C(=O)Nc2cc(C(=O)NCCCNS(C)(=O)=O)ccc2N2CCN(c3ccccc3C)CC2)o1. The summed E-state index contributed by atoms with van der Waals surface area (Å²) in [5.74, 6) is 0.115. The molecule has 11 heteroatoms. The summed E-state index contributed by atoms with van der Waals surface area (Å²) >= 11 is 0. The third-order valence-electron chi connectivity index (χ3n) is 6.55. The maximum atomic E-state index is 13.0. The lowest BCUT2D eigenvalue weighted by Gasteiger charge is -2.38. The van der Waals surface area contributed by atoms with Gasteiger partial charge in [0.2, 0.25) is 10.0 Å². The fourth-order valence-electron chi connectivity index (χ4n) is 4.55. The lowest BCUT2D eigenvalue weighted by atomic mass is 10.1. The zero-order chi connectivity index (χ0) is 28.0. The number of furan rings is 1. The first-order valence-corrected chi connectivity index (χ1v) is 14.8. The molecule has 1 aliphatic heterocycles. The van der Waals surface area contributed by atoms with E-state index in [0.29, 0.717) is 30.0 Å². The second-order valence-corrected chi connectivity index (χ2v) is 11.5. The van der Waals surface area contributed by atoms with Gasteiger partial charge in [-0.1, -0.05) is 18.2 Å². The van der Waals surface area contributed by atoms with Crippen molar-refractivity contribution >= 4 is 38.9 Å². The fourth-order valence-corrected chi connectivity index (χ4v) is 5.07. The minimum atomic E-state index is -3.27. The van der Waals surface area contributed by atoms with Crippen molar-refractivity contribution < 1.29 is 22.4 Å². The molecule has 1 saturated heterocycles. The van der Waals surface area contributed by atoms with Crippen molar-refractivity contribution in [2.45, 2.75) is 20.3 Å². The number of sulfonamides is 1. The first-order chi connectivity index (χ1) is 18.6. The third kappa shape index (κ3) is 7.61. The number of amides is 2. The maximum absolute atomic E-state index is 13.0. The van der Waals surface area contributed by atoms with E-state index in [4.69, 9.17) is 4.42 Å². The summed E-state index contributed by atoms with van der Waals surface area (Å²) in [5, 5.41) is 5.74. The zero-order valence-electron chi connectivity index (χ0n) is 22.5. The lowest BCUT2D eigenvalue weighted by Crippen LogP contribution is -2.47. The van der Waals surface area contributed by atoms with Gasteiger partial charge in [-0.2, -0.15) is 0 Å². The molecule has 2 heterocycles. The number of benzene rings is 2. The number of carbonyl (C=O) groups excluding carboxylic acids is 2. The predicted molar refractivity (Wildman–Crippen MR) is 153 cm³/mol. The first kappa shape index (κ1) is 28.2. The predicted octanol–water partition coefficient (Wildman–Crippen LogP) is 3.14. The van der Waals surface area contributed by atoms with Crippen molar-refractivity contribution in [3.8, 4) is 0 Å². The number of carbonyl (C=O) groups is 2. The zero-order valence-corrected chi connectivity index (χ0v) is 23.3. The molecule has 1 fully saturated rings. The number of hydrogen-bond donors (Lipinski definition) is 3. The molecule has 0 atom stereocenters. The number of nitrogens with one attached hydrogen (secondary N) is 3. The summed E-state index contributed by atoms with van der Waals surface area (Å²) in [6, 6.07) is 16.9. The number of nitrogens with zero attached hydrogens (tertiary/aromatic N) is 2. The monoisotopic (exact) mass is 553 g/mol. The molecule has 39 heavy (non-hydrogen) atoms. The topological polar surface area (TPSA) is 124 Å². The highest BCUT2D eigenvalue weighted by Crippen LogP contribution is 2.30. The number of rotatable bonds is 10. The molecular formula is C28H35N5O5S. The van der Waals surface area contributed by atoms with Crippen LogP contribution in [0.1, 0.15) is 38.7 Å². The average molecular weight is 554 g/mol. The van der Waals surface area contributed by atoms with Crippen LogP contribution in [0.4, 0.5) is 17.1 Å². The molecule has 0 saturated carbocycles. The van der Waals surface area contributed by atoms with Gasteiger partial charge in [0.1, 0.15) is 5.76 Å². The molecule has 10 nitrogen and oxygen atoms in total. The lowest BCUT2D eigenvalue weighted by molar-refractivity contribution is 0.0951. The van der Waals surface area contributed by atoms with Crippen LogP contribution in [0.3, 0.4) is 0 Å². The van der Waals surface area contributed by atoms with E-state index in [0.717, 1.165) is 38.1 Å². The number of aryl methyl sites for hydroxylation is 2. The Bertz CT molecular complexity index is 1430. The molecule has 1 aliphatic rings. The van der Waals surface area contributed by atoms with Gasteiger partial charge in [-0.3, -0.25) is 9.59 Å². The highest BCUT2D eigenvalue weighted by Gasteiger charge is 2.23. The van der Waals surface area contributed by atoms with Gasteiger partial charge in [0.25, 0.3) is 11.8 Å². The highest BCUT2D eigenvalue weighted by molar-refractivity contribution is 7.88. The van der Waals surface area contributed by atoms with E-state index in [1.807, 2.05) is 18.2 Å². The fraction of sp³-hybridized carbons (Fsp3) is 0.357. The first-order valence-electron chi connectivity index (χ1n) is 12.9. The molecular weight excluding hydrogens is 518 g/mol. The Morgan fingerprint density at radius 2 is 1.56 bits per heavy atom. The van der Waals surface area contributed by atoms with Crippen LogP contribution >= 0.6 is 0 Å². The van der Waals surface area contributed by atoms with Gasteiger partial charge >= 0.3 is 0 Å². The number of piperazine rings is 1. The smallest absolute Gasteiger partial charge is 0.291 e. The highest BCUT2D eigenvalue weighted by atomic mass is 32.2. The van der Waals surface area contributed by atoms with E-state index in [9.17, 15) is 18.0 Å². The average Bonchev–Trinajstić information content (AvgIpc) is 3.34.